The Morgan fingerprint density at radius 2 is 1.95 bits per heavy atom. The molecule has 0 amide bonds. The Hall–Kier alpha value is -1.60. The van der Waals surface area contributed by atoms with Gasteiger partial charge in [-0.3, -0.25) is 0 Å². The summed E-state index contributed by atoms with van der Waals surface area (Å²) >= 11 is 0. The molecule has 0 radical (unpaired) electrons. The highest BCUT2D eigenvalue weighted by atomic mass is 16.3. The average molecular weight is 284 g/mol. The maximum Gasteiger partial charge on any atom is 0.0734 e. The number of hydrogen-bond acceptors (Lipinski definition) is 1. The van der Waals surface area contributed by atoms with Crippen molar-refractivity contribution in [2.75, 3.05) is 0 Å². The van der Waals surface area contributed by atoms with E-state index >= 15 is 0 Å². The number of hydrogen-bond donors (Lipinski definition) is 1. The molecule has 1 nitrogen and oxygen atoms in total. The Bertz CT molecular complexity index is 536. The summed E-state index contributed by atoms with van der Waals surface area (Å²) in [4.78, 5) is 0. The molecule has 0 spiro atoms. The van der Waals surface area contributed by atoms with Gasteiger partial charge in [0.05, 0.1) is 6.10 Å². The Balaban J connectivity index is 2.94. The van der Waals surface area contributed by atoms with Crippen LogP contribution in [0.2, 0.25) is 0 Å². The van der Waals surface area contributed by atoms with Gasteiger partial charge in [-0.15, -0.1) is 0 Å². The summed E-state index contributed by atoms with van der Waals surface area (Å²) in [6, 6.07) is 0. The molecule has 1 N–H and O–H groups in total. The molecule has 0 aliphatic heterocycles. The fourth-order valence-corrected chi connectivity index (χ4v) is 2.65. The largest absolute Gasteiger partial charge is 0.389 e. The molecule has 1 aliphatic carbocycles. The van der Waals surface area contributed by atoms with Crippen LogP contribution in [0.25, 0.3) is 0 Å². The average Bonchev–Trinajstić information content (AvgIpc) is 2.36. The van der Waals surface area contributed by atoms with E-state index in [9.17, 15) is 5.11 Å². The van der Waals surface area contributed by atoms with Crippen molar-refractivity contribution in [3.05, 3.63) is 71.4 Å². The van der Waals surface area contributed by atoms with Crippen molar-refractivity contribution in [2.45, 2.75) is 47.1 Å². The lowest BCUT2D eigenvalue weighted by Gasteiger charge is -2.34. The molecule has 1 rings (SSSR count). The standard InChI is InChI=1S/C20H28O/c1-7-15(2)9-8-10-16(3)11-12-19-17(4)13-18(21)14-20(19,5)6/h7-13,18,21H,1,14H2,2-6H3/b10-8+,15-9+,16-11+,19-12+/t18-/m0/s1. The first-order chi connectivity index (χ1) is 9.76. The van der Waals surface area contributed by atoms with Crippen molar-refractivity contribution in [2.24, 2.45) is 5.41 Å². The minimum Gasteiger partial charge on any atom is -0.389 e. The maximum absolute atomic E-state index is 9.86. The Morgan fingerprint density at radius 1 is 1.29 bits per heavy atom. The monoisotopic (exact) mass is 284 g/mol. The van der Waals surface area contributed by atoms with Crippen LogP contribution in [0.4, 0.5) is 0 Å². The molecule has 0 unspecified atom stereocenters. The van der Waals surface area contributed by atoms with Gasteiger partial charge in [0.2, 0.25) is 0 Å². The van der Waals surface area contributed by atoms with Crippen molar-refractivity contribution in [1.82, 2.24) is 0 Å². The lowest BCUT2D eigenvalue weighted by atomic mass is 9.72. The fourth-order valence-electron chi connectivity index (χ4n) is 2.65. The highest BCUT2D eigenvalue weighted by Crippen LogP contribution is 2.40. The van der Waals surface area contributed by atoms with Gasteiger partial charge in [0.1, 0.15) is 0 Å². The van der Waals surface area contributed by atoms with Crippen LogP contribution in [-0.4, -0.2) is 11.2 Å². The minimum atomic E-state index is -0.325. The fraction of sp³-hybridized carbons (Fsp3) is 0.400. The third kappa shape index (κ3) is 5.35. The molecule has 0 saturated heterocycles. The van der Waals surface area contributed by atoms with E-state index in [0.717, 1.165) is 12.0 Å². The van der Waals surface area contributed by atoms with Crippen LogP contribution in [-0.2, 0) is 0 Å². The topological polar surface area (TPSA) is 20.2 Å². The number of rotatable bonds is 4. The smallest absolute Gasteiger partial charge is 0.0734 e. The summed E-state index contributed by atoms with van der Waals surface area (Å²) in [6.45, 7) is 14.3. The lowest BCUT2D eigenvalue weighted by molar-refractivity contribution is 0.161. The van der Waals surface area contributed by atoms with Crippen molar-refractivity contribution in [3.8, 4) is 0 Å². The molecule has 0 fully saturated rings. The van der Waals surface area contributed by atoms with E-state index < -0.39 is 0 Å². The van der Waals surface area contributed by atoms with E-state index in [2.05, 4.69) is 52.5 Å². The van der Waals surface area contributed by atoms with Gasteiger partial charge in [0.25, 0.3) is 0 Å². The Kier molecular flexibility index (Phi) is 6.17. The van der Waals surface area contributed by atoms with Crippen LogP contribution in [0, 0.1) is 5.41 Å². The van der Waals surface area contributed by atoms with Gasteiger partial charge >= 0.3 is 0 Å². The van der Waals surface area contributed by atoms with Gasteiger partial charge in [-0.1, -0.05) is 74.1 Å². The summed E-state index contributed by atoms with van der Waals surface area (Å²) < 4.78 is 0. The summed E-state index contributed by atoms with van der Waals surface area (Å²) in [5.41, 5.74) is 4.84. The maximum atomic E-state index is 9.86. The summed E-state index contributed by atoms with van der Waals surface area (Å²) in [5.74, 6) is 0. The molecule has 114 valence electrons. The van der Waals surface area contributed by atoms with E-state index in [0.29, 0.717) is 0 Å². The molecule has 0 saturated carbocycles. The van der Waals surface area contributed by atoms with Crippen LogP contribution in [0.3, 0.4) is 0 Å². The molecule has 21 heavy (non-hydrogen) atoms. The van der Waals surface area contributed by atoms with Gasteiger partial charge in [-0.2, -0.15) is 0 Å². The Labute approximate surface area is 129 Å². The molecule has 1 heteroatoms. The van der Waals surface area contributed by atoms with E-state index in [-0.39, 0.29) is 11.5 Å². The van der Waals surface area contributed by atoms with Crippen molar-refractivity contribution in [1.29, 1.82) is 0 Å². The predicted octanol–water partition coefficient (Wildman–Crippen LogP) is 5.28. The normalized spacial score (nSPS) is 25.3. The van der Waals surface area contributed by atoms with Gasteiger partial charge in [0.15, 0.2) is 0 Å². The highest BCUT2D eigenvalue weighted by Gasteiger charge is 2.30. The molecular weight excluding hydrogens is 256 g/mol. The summed E-state index contributed by atoms with van der Waals surface area (Å²) in [5, 5.41) is 9.86. The molecular formula is C20H28O. The van der Waals surface area contributed by atoms with Crippen LogP contribution in [0.5, 0.6) is 0 Å². The van der Waals surface area contributed by atoms with Gasteiger partial charge in [-0.25, -0.2) is 0 Å². The van der Waals surface area contributed by atoms with E-state index in [1.807, 2.05) is 31.2 Å². The third-order valence-corrected chi connectivity index (χ3v) is 3.87. The van der Waals surface area contributed by atoms with E-state index in [4.69, 9.17) is 0 Å². The number of aliphatic hydroxyl groups is 1. The Morgan fingerprint density at radius 3 is 2.52 bits per heavy atom. The zero-order valence-corrected chi connectivity index (χ0v) is 14.0. The summed E-state index contributed by atoms with van der Waals surface area (Å²) in [7, 11) is 0. The number of aliphatic hydroxyl groups excluding tert-OH is 1. The molecule has 0 bridgehead atoms. The first-order valence-electron chi connectivity index (χ1n) is 7.49. The second-order valence-electron chi connectivity index (χ2n) is 6.47. The SMILES string of the molecule is C=C/C(C)=C/C=C/C(C)=C/C=C1\C(C)=C[C@H](O)CC1(C)C. The van der Waals surface area contributed by atoms with E-state index in [1.165, 1.54) is 16.7 Å². The second-order valence-corrected chi connectivity index (χ2v) is 6.47. The van der Waals surface area contributed by atoms with Gasteiger partial charge < -0.3 is 5.11 Å². The first-order valence-corrected chi connectivity index (χ1v) is 7.49. The van der Waals surface area contributed by atoms with E-state index in [1.54, 1.807) is 0 Å². The number of allylic oxidation sites excluding steroid dienone is 10. The summed E-state index contributed by atoms with van der Waals surface area (Å²) in [6.07, 6.45) is 14.7. The van der Waals surface area contributed by atoms with Crippen molar-refractivity contribution < 1.29 is 5.11 Å². The highest BCUT2D eigenvalue weighted by molar-refractivity contribution is 5.41. The van der Waals surface area contributed by atoms with Crippen LogP contribution in [0.1, 0.15) is 41.0 Å². The molecule has 0 aromatic heterocycles. The van der Waals surface area contributed by atoms with Crippen LogP contribution < -0.4 is 0 Å². The lowest BCUT2D eigenvalue weighted by Crippen LogP contribution is -2.26. The third-order valence-electron chi connectivity index (χ3n) is 3.87. The molecule has 1 aliphatic rings. The zero-order chi connectivity index (χ0) is 16.0. The molecule has 0 aromatic rings. The first kappa shape index (κ1) is 17.5. The van der Waals surface area contributed by atoms with Gasteiger partial charge in [-0.05, 0) is 43.8 Å². The van der Waals surface area contributed by atoms with Gasteiger partial charge in [0, 0.05) is 0 Å². The molecule has 1 atom stereocenters. The van der Waals surface area contributed by atoms with Crippen LogP contribution >= 0.6 is 0 Å². The molecule has 0 heterocycles. The molecule has 0 aromatic carbocycles. The van der Waals surface area contributed by atoms with Crippen molar-refractivity contribution in [3.63, 3.8) is 0 Å². The van der Waals surface area contributed by atoms with Crippen LogP contribution in [0.15, 0.2) is 71.4 Å². The predicted molar refractivity (Wildman–Crippen MR) is 93.1 cm³/mol. The second kappa shape index (κ2) is 7.42. The minimum absolute atomic E-state index is 0.0120. The zero-order valence-electron chi connectivity index (χ0n) is 14.0. The quantitative estimate of drug-likeness (QED) is 0.696. The van der Waals surface area contributed by atoms with Crippen molar-refractivity contribution >= 4 is 0 Å².